The van der Waals surface area contributed by atoms with Gasteiger partial charge in [0.15, 0.2) is 0 Å². The number of thiophene rings is 1. The van der Waals surface area contributed by atoms with E-state index in [0.717, 1.165) is 47.9 Å². The molecule has 1 spiro atoms. The van der Waals surface area contributed by atoms with E-state index in [1.54, 1.807) is 28.6 Å². The fraction of sp³-hybridized carbons (Fsp3) is 0.444. The van der Waals surface area contributed by atoms with Crippen LogP contribution in [0.3, 0.4) is 0 Å². The molecule has 4 aliphatic rings. The van der Waals surface area contributed by atoms with Gasteiger partial charge in [-0.1, -0.05) is 11.6 Å². The van der Waals surface area contributed by atoms with E-state index in [2.05, 4.69) is 9.88 Å². The number of pyridine rings is 1. The summed E-state index contributed by atoms with van der Waals surface area (Å²) < 4.78 is 5.94. The Morgan fingerprint density at radius 1 is 1.24 bits per heavy atom. The van der Waals surface area contributed by atoms with Crippen LogP contribution in [0.1, 0.15) is 12.8 Å². The molecule has 0 radical (unpaired) electrons. The van der Waals surface area contributed by atoms with E-state index in [4.69, 9.17) is 16.3 Å². The Balaban J connectivity index is 1.42. The van der Waals surface area contributed by atoms with Gasteiger partial charge in [0.25, 0.3) is 0 Å². The van der Waals surface area contributed by atoms with Gasteiger partial charge >= 0.3 is 6.09 Å². The second-order valence-corrected chi connectivity index (χ2v) is 8.60. The van der Waals surface area contributed by atoms with Gasteiger partial charge in [0, 0.05) is 35.3 Å². The first-order valence-electron chi connectivity index (χ1n) is 8.57. The van der Waals surface area contributed by atoms with Gasteiger partial charge < -0.3 is 4.74 Å². The number of hydrogen-bond donors (Lipinski definition) is 0. The van der Waals surface area contributed by atoms with Gasteiger partial charge in [-0.25, -0.2) is 4.79 Å². The Bertz CT molecular complexity index is 833. The topological polar surface area (TPSA) is 45.7 Å². The number of fused-ring (bicyclic) bond motifs is 2. The summed E-state index contributed by atoms with van der Waals surface area (Å²) in [6, 6.07) is 5.89. The molecule has 7 heteroatoms. The molecule has 0 aliphatic carbocycles. The van der Waals surface area contributed by atoms with Crippen molar-refractivity contribution in [2.75, 3.05) is 31.1 Å². The van der Waals surface area contributed by atoms with Gasteiger partial charge in [0.1, 0.15) is 10.6 Å². The van der Waals surface area contributed by atoms with Crippen LogP contribution in [-0.2, 0) is 4.74 Å². The van der Waals surface area contributed by atoms with Gasteiger partial charge in [0.2, 0.25) is 0 Å². The molecule has 1 amide bonds. The lowest BCUT2D eigenvalue weighted by molar-refractivity contribution is -0.0881. The number of nitrogens with zero attached hydrogens (tertiary/aromatic N) is 3. The Morgan fingerprint density at radius 3 is 2.80 bits per heavy atom. The van der Waals surface area contributed by atoms with Crippen molar-refractivity contribution in [3.05, 3.63) is 35.6 Å². The van der Waals surface area contributed by atoms with Gasteiger partial charge in [0.05, 0.1) is 11.6 Å². The van der Waals surface area contributed by atoms with E-state index in [9.17, 15) is 4.79 Å². The van der Waals surface area contributed by atoms with Crippen molar-refractivity contribution in [1.29, 1.82) is 0 Å². The summed E-state index contributed by atoms with van der Waals surface area (Å²) in [5.41, 5.74) is 0.642. The van der Waals surface area contributed by atoms with Gasteiger partial charge in [-0.2, -0.15) is 0 Å². The van der Waals surface area contributed by atoms with Crippen LogP contribution in [0.4, 0.5) is 9.80 Å². The summed E-state index contributed by atoms with van der Waals surface area (Å²) in [4.78, 5) is 22.0. The fourth-order valence-electron chi connectivity index (χ4n) is 4.36. The highest BCUT2D eigenvalue weighted by Crippen LogP contribution is 2.45. The zero-order valence-electron chi connectivity index (χ0n) is 13.7. The number of anilines is 1. The average molecular weight is 376 g/mol. The minimum atomic E-state index is -0.324. The first-order valence-corrected chi connectivity index (χ1v) is 9.76. The number of halogens is 1. The summed E-state index contributed by atoms with van der Waals surface area (Å²) in [5.74, 6) is 0.489. The highest BCUT2D eigenvalue weighted by atomic mass is 35.5. The van der Waals surface area contributed by atoms with E-state index < -0.39 is 0 Å². The Hall–Kier alpha value is -1.63. The van der Waals surface area contributed by atoms with Crippen LogP contribution in [0, 0.1) is 5.92 Å². The molecule has 0 unspecified atom stereocenters. The number of amides is 1. The number of piperidine rings is 3. The first kappa shape index (κ1) is 15.6. The second kappa shape index (κ2) is 5.69. The first-order chi connectivity index (χ1) is 12.1. The molecule has 2 aromatic rings. The lowest BCUT2D eigenvalue weighted by Crippen LogP contribution is -2.61. The number of ether oxygens (including phenoxy) is 1. The van der Waals surface area contributed by atoms with Crippen LogP contribution < -0.4 is 4.90 Å². The zero-order valence-corrected chi connectivity index (χ0v) is 15.2. The highest BCUT2D eigenvalue weighted by molar-refractivity contribution is 7.19. The molecule has 2 aromatic heterocycles. The molecule has 6 rings (SSSR count). The van der Waals surface area contributed by atoms with Crippen LogP contribution in [0.15, 0.2) is 30.6 Å². The van der Waals surface area contributed by atoms with Crippen LogP contribution in [0.5, 0.6) is 0 Å². The van der Waals surface area contributed by atoms with Gasteiger partial charge in [-0.3, -0.25) is 14.8 Å². The molecule has 4 fully saturated rings. The van der Waals surface area contributed by atoms with Crippen molar-refractivity contribution in [3.8, 4) is 10.4 Å². The largest absolute Gasteiger partial charge is 0.439 e. The monoisotopic (exact) mass is 375 g/mol. The smallest absolute Gasteiger partial charge is 0.415 e. The molecule has 130 valence electrons. The molecule has 0 saturated carbocycles. The molecule has 25 heavy (non-hydrogen) atoms. The maximum Gasteiger partial charge on any atom is 0.415 e. The molecule has 6 heterocycles. The Morgan fingerprint density at radius 2 is 2.08 bits per heavy atom. The third-order valence-electron chi connectivity index (χ3n) is 5.61. The Labute approximate surface area is 155 Å². The quantitative estimate of drug-likeness (QED) is 0.799. The van der Waals surface area contributed by atoms with Crippen molar-refractivity contribution in [1.82, 2.24) is 9.88 Å². The Kier molecular flexibility index (Phi) is 3.55. The summed E-state index contributed by atoms with van der Waals surface area (Å²) >= 11 is 7.61. The zero-order chi connectivity index (χ0) is 17.0. The third-order valence-corrected chi connectivity index (χ3v) is 6.97. The molecular formula is C18H18ClN3O2S. The highest BCUT2D eigenvalue weighted by Gasteiger charge is 2.55. The number of carbonyl (C=O) groups is 1. The number of rotatable bonds is 2. The van der Waals surface area contributed by atoms with Crippen molar-refractivity contribution < 1.29 is 9.53 Å². The van der Waals surface area contributed by atoms with Crippen molar-refractivity contribution in [2.45, 2.75) is 18.4 Å². The average Bonchev–Trinajstić information content (AvgIpc) is 3.21. The normalized spacial score (nSPS) is 30.9. The lowest BCUT2D eigenvalue weighted by atomic mass is 9.75. The lowest BCUT2D eigenvalue weighted by Gasteiger charge is -2.49. The summed E-state index contributed by atoms with van der Waals surface area (Å²) in [6.07, 6.45) is 5.45. The van der Waals surface area contributed by atoms with Gasteiger partial charge in [-0.05, 0) is 44.1 Å². The molecule has 4 saturated heterocycles. The minimum absolute atomic E-state index is 0.216. The van der Waals surface area contributed by atoms with Crippen molar-refractivity contribution in [2.24, 2.45) is 5.92 Å². The number of carbonyl (C=O) groups excluding carboxylic acids is 1. The molecular weight excluding hydrogens is 358 g/mol. The van der Waals surface area contributed by atoms with E-state index in [1.165, 1.54) is 0 Å². The van der Waals surface area contributed by atoms with E-state index in [1.807, 2.05) is 18.2 Å². The standard InChI is InChI=1S/C18H18ClN3O2S/c19-14-7-12(8-20-9-14)15-1-2-16(25-15)22-11-18(24-17(22)23)10-21-5-3-13(18)4-6-21/h1-2,7-9,13H,3-6,10-11H2/t18-/m0/s1. The fourth-order valence-corrected chi connectivity index (χ4v) is 5.51. The summed E-state index contributed by atoms with van der Waals surface area (Å²) in [7, 11) is 0. The van der Waals surface area contributed by atoms with E-state index in [0.29, 0.717) is 17.5 Å². The predicted octanol–water partition coefficient (Wildman–Crippen LogP) is 3.88. The summed E-state index contributed by atoms with van der Waals surface area (Å²) in [6.45, 7) is 3.79. The summed E-state index contributed by atoms with van der Waals surface area (Å²) in [5, 5.41) is 1.53. The van der Waals surface area contributed by atoms with Crippen LogP contribution in [0.25, 0.3) is 10.4 Å². The second-order valence-electron chi connectivity index (χ2n) is 7.10. The molecule has 1 atom stereocenters. The third kappa shape index (κ3) is 2.55. The number of aromatic nitrogens is 1. The van der Waals surface area contributed by atoms with Crippen LogP contribution >= 0.6 is 22.9 Å². The minimum Gasteiger partial charge on any atom is -0.439 e. The number of hydrogen-bond acceptors (Lipinski definition) is 5. The van der Waals surface area contributed by atoms with E-state index >= 15 is 0 Å². The van der Waals surface area contributed by atoms with Crippen LogP contribution in [0.2, 0.25) is 5.02 Å². The maximum atomic E-state index is 12.6. The maximum absolute atomic E-state index is 12.6. The molecule has 0 aromatic carbocycles. The van der Waals surface area contributed by atoms with Crippen molar-refractivity contribution >= 4 is 34.0 Å². The molecule has 4 aliphatic heterocycles. The molecule has 2 bridgehead atoms. The van der Waals surface area contributed by atoms with E-state index in [-0.39, 0.29) is 11.7 Å². The van der Waals surface area contributed by atoms with Gasteiger partial charge in [-0.15, -0.1) is 11.3 Å². The van der Waals surface area contributed by atoms with Crippen molar-refractivity contribution in [3.63, 3.8) is 0 Å². The molecule has 0 N–H and O–H groups in total. The SMILES string of the molecule is O=C1O[C@@]2(CN3CCC2CC3)CN1c1ccc(-c2cncc(Cl)c2)s1. The molecule has 5 nitrogen and oxygen atoms in total. The predicted molar refractivity (Wildman–Crippen MR) is 98.3 cm³/mol. The van der Waals surface area contributed by atoms with Crippen LogP contribution in [-0.4, -0.2) is 47.8 Å².